The molecule has 0 heterocycles. The Hall–Kier alpha value is -2.09. The van der Waals surface area contributed by atoms with Crippen LogP contribution in [0.4, 0.5) is 5.69 Å². The quantitative estimate of drug-likeness (QED) is 0.762. The molecule has 2 N–H and O–H groups in total. The van der Waals surface area contributed by atoms with E-state index >= 15 is 0 Å². The number of carbonyl (C=O) groups is 2. The number of amides is 2. The minimum absolute atomic E-state index is 0.000599. The lowest BCUT2D eigenvalue weighted by atomic mass is 10.2. The zero-order valence-corrected chi connectivity index (χ0v) is 13.6. The van der Waals surface area contributed by atoms with Gasteiger partial charge in [0.1, 0.15) is 21.6 Å². The first-order valence-electron chi connectivity index (χ1n) is 6.61. The molecule has 0 aliphatic heterocycles. The van der Waals surface area contributed by atoms with Crippen LogP contribution in [0.5, 0.6) is 5.75 Å². The summed E-state index contributed by atoms with van der Waals surface area (Å²) in [5, 5.41) is 5.08. The summed E-state index contributed by atoms with van der Waals surface area (Å²) in [6.45, 7) is 1.27. The lowest BCUT2D eigenvalue weighted by Gasteiger charge is -2.18. The molecule has 8 heteroatoms. The van der Waals surface area contributed by atoms with Crippen molar-refractivity contribution in [3.63, 3.8) is 0 Å². The van der Waals surface area contributed by atoms with Crippen molar-refractivity contribution in [3.05, 3.63) is 24.3 Å². The summed E-state index contributed by atoms with van der Waals surface area (Å²) in [6, 6.07) is 5.88. The van der Waals surface area contributed by atoms with Crippen LogP contribution in [-0.2, 0) is 19.4 Å². The number of carbonyl (C=O) groups excluding carboxylic acids is 2. The third-order valence-corrected chi connectivity index (χ3v) is 3.81. The van der Waals surface area contributed by atoms with Crippen LogP contribution in [0.15, 0.2) is 24.3 Å². The summed E-state index contributed by atoms with van der Waals surface area (Å²) in [5.74, 6) is -0.630. The Morgan fingerprint density at radius 1 is 1.27 bits per heavy atom. The van der Waals surface area contributed by atoms with Gasteiger partial charge in [-0.2, -0.15) is 0 Å². The van der Waals surface area contributed by atoms with Crippen molar-refractivity contribution >= 4 is 27.3 Å². The summed E-state index contributed by atoms with van der Waals surface area (Å²) < 4.78 is 27.6. The fourth-order valence-electron chi connectivity index (χ4n) is 1.81. The second-order valence-electron chi connectivity index (χ2n) is 4.86. The maximum atomic E-state index is 12.3. The number of hydrogen-bond acceptors (Lipinski definition) is 5. The zero-order valence-electron chi connectivity index (χ0n) is 12.8. The molecule has 1 atom stereocenters. The van der Waals surface area contributed by atoms with Crippen LogP contribution in [0.2, 0.25) is 0 Å². The number of benzene rings is 1. The topological polar surface area (TPSA) is 102 Å². The van der Waals surface area contributed by atoms with Crippen molar-refractivity contribution in [2.75, 3.05) is 24.4 Å². The molecule has 0 saturated carbocycles. The van der Waals surface area contributed by atoms with Gasteiger partial charge in [0.2, 0.25) is 11.8 Å². The molecule has 22 heavy (non-hydrogen) atoms. The second-order valence-corrected chi connectivity index (χ2v) is 7.12. The van der Waals surface area contributed by atoms with Gasteiger partial charge in [0.25, 0.3) is 0 Å². The van der Waals surface area contributed by atoms with Crippen LogP contribution < -0.4 is 15.4 Å². The van der Waals surface area contributed by atoms with E-state index in [-0.39, 0.29) is 12.2 Å². The van der Waals surface area contributed by atoms with E-state index in [4.69, 9.17) is 4.74 Å². The lowest BCUT2D eigenvalue weighted by Crippen LogP contribution is -2.43. The highest BCUT2D eigenvalue weighted by Gasteiger charge is 2.22. The first-order chi connectivity index (χ1) is 10.2. The number of para-hydroxylation sites is 2. The molecule has 0 spiro atoms. The van der Waals surface area contributed by atoms with Gasteiger partial charge in [0.15, 0.2) is 0 Å². The molecular weight excluding hydrogens is 308 g/mol. The molecule has 0 aliphatic carbocycles. The van der Waals surface area contributed by atoms with Crippen LogP contribution >= 0.6 is 0 Å². The molecule has 1 aromatic rings. The smallest absolute Gasteiger partial charge is 0.247 e. The number of anilines is 1. The fraction of sp³-hybridized carbons (Fsp3) is 0.429. The average molecular weight is 328 g/mol. The first-order valence-corrected chi connectivity index (χ1v) is 8.67. The van der Waals surface area contributed by atoms with Gasteiger partial charge in [0, 0.05) is 13.2 Å². The molecule has 0 unspecified atom stereocenters. The summed E-state index contributed by atoms with van der Waals surface area (Å²) >= 11 is 0. The van der Waals surface area contributed by atoms with Crippen molar-refractivity contribution < 1.29 is 22.7 Å². The maximum Gasteiger partial charge on any atom is 0.247 e. The predicted octanol–water partition coefficient (Wildman–Crippen LogP) is 0.573. The molecular formula is C14H20N2O5S. The van der Waals surface area contributed by atoms with Gasteiger partial charge in [-0.05, 0) is 18.6 Å². The predicted molar refractivity (Wildman–Crippen MR) is 83.6 cm³/mol. The molecule has 0 aromatic heterocycles. The van der Waals surface area contributed by atoms with Gasteiger partial charge in [-0.3, -0.25) is 9.59 Å². The standard InChI is InChI=1S/C14H20N2O5S/c1-10(17)15-12(8-9-22(3,19)20)14(18)16-11-6-4-5-7-13(11)21-2/h4-7,12H,8-9H2,1-3H3,(H,15,17)(H,16,18)/t12-/m0/s1. The minimum atomic E-state index is -3.23. The maximum absolute atomic E-state index is 12.3. The van der Waals surface area contributed by atoms with Crippen LogP contribution in [0.1, 0.15) is 13.3 Å². The van der Waals surface area contributed by atoms with E-state index in [1.807, 2.05) is 0 Å². The number of sulfone groups is 1. The zero-order chi connectivity index (χ0) is 16.8. The van der Waals surface area contributed by atoms with Crippen molar-refractivity contribution in [3.8, 4) is 5.75 Å². The minimum Gasteiger partial charge on any atom is -0.495 e. The van der Waals surface area contributed by atoms with Crippen molar-refractivity contribution in [2.24, 2.45) is 0 Å². The van der Waals surface area contributed by atoms with Gasteiger partial charge in [-0.1, -0.05) is 12.1 Å². The summed E-state index contributed by atoms with van der Waals surface area (Å²) in [4.78, 5) is 23.5. The van der Waals surface area contributed by atoms with E-state index in [1.165, 1.54) is 14.0 Å². The van der Waals surface area contributed by atoms with Crippen LogP contribution in [0.3, 0.4) is 0 Å². The third-order valence-electron chi connectivity index (χ3n) is 2.84. The molecule has 122 valence electrons. The summed E-state index contributed by atoms with van der Waals surface area (Å²) in [6.07, 6.45) is 1.08. The van der Waals surface area contributed by atoms with E-state index in [0.29, 0.717) is 11.4 Å². The Morgan fingerprint density at radius 2 is 1.91 bits per heavy atom. The highest BCUT2D eigenvalue weighted by atomic mass is 32.2. The van der Waals surface area contributed by atoms with Crippen molar-refractivity contribution in [1.82, 2.24) is 5.32 Å². The van der Waals surface area contributed by atoms with E-state index < -0.39 is 27.7 Å². The van der Waals surface area contributed by atoms with E-state index in [1.54, 1.807) is 24.3 Å². The number of rotatable bonds is 7. The number of ether oxygens (including phenoxy) is 1. The molecule has 0 aliphatic rings. The van der Waals surface area contributed by atoms with Crippen LogP contribution in [0, 0.1) is 0 Å². The van der Waals surface area contributed by atoms with Gasteiger partial charge in [0.05, 0.1) is 18.6 Å². The molecule has 2 amide bonds. The molecule has 1 rings (SSSR count). The van der Waals surface area contributed by atoms with Gasteiger partial charge >= 0.3 is 0 Å². The molecule has 0 saturated heterocycles. The average Bonchev–Trinajstić information content (AvgIpc) is 2.42. The molecule has 7 nitrogen and oxygen atoms in total. The third kappa shape index (κ3) is 6.13. The number of methoxy groups -OCH3 is 1. The van der Waals surface area contributed by atoms with Crippen LogP contribution in [-0.4, -0.2) is 45.4 Å². The van der Waals surface area contributed by atoms with Gasteiger partial charge < -0.3 is 15.4 Å². The van der Waals surface area contributed by atoms with E-state index in [0.717, 1.165) is 6.26 Å². The molecule has 0 bridgehead atoms. The van der Waals surface area contributed by atoms with E-state index in [2.05, 4.69) is 10.6 Å². The monoisotopic (exact) mass is 328 g/mol. The second kappa shape index (κ2) is 7.79. The SMILES string of the molecule is COc1ccccc1NC(=O)[C@H](CCS(C)(=O)=O)NC(C)=O. The lowest BCUT2D eigenvalue weighted by molar-refractivity contribution is -0.125. The van der Waals surface area contributed by atoms with Gasteiger partial charge in [-0.25, -0.2) is 8.42 Å². The van der Waals surface area contributed by atoms with Crippen molar-refractivity contribution in [1.29, 1.82) is 0 Å². The van der Waals surface area contributed by atoms with Crippen LogP contribution in [0.25, 0.3) is 0 Å². The normalized spacial score (nSPS) is 12.3. The van der Waals surface area contributed by atoms with Crippen molar-refractivity contribution in [2.45, 2.75) is 19.4 Å². The number of hydrogen-bond donors (Lipinski definition) is 2. The molecule has 0 radical (unpaired) electrons. The summed E-state index contributed by atoms with van der Waals surface area (Å²) in [7, 11) is -1.76. The Labute approximate surface area is 130 Å². The summed E-state index contributed by atoms with van der Waals surface area (Å²) in [5.41, 5.74) is 0.449. The Balaban J connectivity index is 2.84. The highest BCUT2D eigenvalue weighted by Crippen LogP contribution is 2.23. The number of nitrogens with one attached hydrogen (secondary N) is 2. The van der Waals surface area contributed by atoms with Gasteiger partial charge in [-0.15, -0.1) is 0 Å². The highest BCUT2D eigenvalue weighted by molar-refractivity contribution is 7.90. The largest absolute Gasteiger partial charge is 0.495 e. The Kier molecular flexibility index (Phi) is 6.36. The fourth-order valence-corrected chi connectivity index (χ4v) is 2.48. The Morgan fingerprint density at radius 3 is 2.45 bits per heavy atom. The Bertz CT molecular complexity index is 642. The molecule has 0 fully saturated rings. The first kappa shape index (κ1) is 18.0. The van der Waals surface area contributed by atoms with E-state index in [9.17, 15) is 18.0 Å². The molecule has 1 aromatic carbocycles.